The molecule has 0 atom stereocenters. The molecule has 0 bridgehead atoms. The van der Waals surface area contributed by atoms with E-state index in [1.54, 1.807) is 0 Å². The van der Waals surface area contributed by atoms with Crippen molar-refractivity contribution in [1.82, 2.24) is 4.90 Å². The molecule has 2 fully saturated rings. The van der Waals surface area contributed by atoms with Gasteiger partial charge in [0.05, 0.1) is 0 Å². The summed E-state index contributed by atoms with van der Waals surface area (Å²) in [7, 11) is 2.27. The molecule has 1 heterocycles. The summed E-state index contributed by atoms with van der Waals surface area (Å²) in [6, 6.07) is 0. The summed E-state index contributed by atoms with van der Waals surface area (Å²) in [5, 5.41) is 0. The van der Waals surface area contributed by atoms with Gasteiger partial charge in [0.2, 0.25) is 0 Å². The van der Waals surface area contributed by atoms with Gasteiger partial charge >= 0.3 is 0 Å². The fraction of sp³-hybridized carbons (Fsp3) is 1.00. The number of halogens is 1. The number of hydrogen-bond donors (Lipinski definition) is 0. The Balaban J connectivity index is 1.93. The number of alkyl halides is 1. The molecule has 1 saturated heterocycles. The standard InChI is InChI=1S/C9H16IN/c1-11-4-2-3-9(7-11)5-8(10)6-9/h8H,2-7H2,1H3/t8-,9-. The molecule has 2 heteroatoms. The first-order valence-electron chi connectivity index (χ1n) is 4.53. The minimum Gasteiger partial charge on any atom is -0.306 e. The molecule has 0 aromatic rings. The molecule has 0 aromatic carbocycles. The lowest BCUT2D eigenvalue weighted by atomic mass is 9.64. The second-order valence-electron chi connectivity index (χ2n) is 4.35. The van der Waals surface area contributed by atoms with Gasteiger partial charge in [0.25, 0.3) is 0 Å². The van der Waals surface area contributed by atoms with Gasteiger partial charge in [-0.3, -0.25) is 0 Å². The molecule has 2 aliphatic rings. The first-order valence-corrected chi connectivity index (χ1v) is 5.77. The molecule has 0 N–H and O–H groups in total. The fourth-order valence-electron chi connectivity index (χ4n) is 2.67. The largest absolute Gasteiger partial charge is 0.306 e. The Bertz CT molecular complexity index is 146. The smallest absolute Gasteiger partial charge is 0.0121 e. The fourth-order valence-corrected chi connectivity index (χ4v) is 4.54. The normalized spacial score (nSPS) is 45.8. The zero-order chi connectivity index (χ0) is 7.90. The number of piperidine rings is 1. The Kier molecular flexibility index (Phi) is 2.17. The highest BCUT2D eigenvalue weighted by molar-refractivity contribution is 14.1. The Morgan fingerprint density at radius 1 is 1.45 bits per heavy atom. The van der Waals surface area contributed by atoms with E-state index in [4.69, 9.17) is 0 Å². The third-order valence-electron chi connectivity index (χ3n) is 3.16. The van der Waals surface area contributed by atoms with Crippen molar-refractivity contribution >= 4 is 22.6 Å². The molecule has 11 heavy (non-hydrogen) atoms. The summed E-state index contributed by atoms with van der Waals surface area (Å²) < 4.78 is 0.985. The van der Waals surface area contributed by atoms with Crippen LogP contribution in [0.2, 0.25) is 0 Å². The molecule has 0 aromatic heterocycles. The Morgan fingerprint density at radius 3 is 2.73 bits per heavy atom. The van der Waals surface area contributed by atoms with Crippen LogP contribution in [0.1, 0.15) is 25.7 Å². The van der Waals surface area contributed by atoms with Gasteiger partial charge in [0, 0.05) is 10.5 Å². The van der Waals surface area contributed by atoms with Crippen molar-refractivity contribution in [3.63, 3.8) is 0 Å². The Hall–Kier alpha value is 0.690. The first-order chi connectivity index (χ1) is 5.20. The number of hydrogen-bond acceptors (Lipinski definition) is 1. The Labute approximate surface area is 82.7 Å². The van der Waals surface area contributed by atoms with E-state index >= 15 is 0 Å². The van der Waals surface area contributed by atoms with E-state index in [1.807, 2.05) is 0 Å². The van der Waals surface area contributed by atoms with E-state index < -0.39 is 0 Å². The average molecular weight is 265 g/mol. The van der Waals surface area contributed by atoms with E-state index in [0.29, 0.717) is 0 Å². The number of rotatable bonds is 0. The molecular formula is C9H16IN. The van der Waals surface area contributed by atoms with Crippen LogP contribution in [-0.2, 0) is 0 Å². The minimum atomic E-state index is 0.763. The van der Waals surface area contributed by atoms with Crippen LogP contribution in [0.3, 0.4) is 0 Å². The summed E-state index contributed by atoms with van der Waals surface area (Å²) in [5.74, 6) is 0. The number of likely N-dealkylation sites (tertiary alicyclic amines) is 1. The van der Waals surface area contributed by atoms with Gasteiger partial charge in [0.15, 0.2) is 0 Å². The van der Waals surface area contributed by atoms with Crippen LogP contribution in [0.4, 0.5) is 0 Å². The second-order valence-corrected chi connectivity index (χ2v) is 6.11. The van der Waals surface area contributed by atoms with Crippen LogP contribution in [0.25, 0.3) is 0 Å². The van der Waals surface area contributed by atoms with Gasteiger partial charge in [-0.25, -0.2) is 0 Å². The van der Waals surface area contributed by atoms with E-state index in [1.165, 1.54) is 38.8 Å². The molecule has 1 spiro atoms. The molecule has 2 rings (SSSR count). The third-order valence-corrected chi connectivity index (χ3v) is 4.04. The van der Waals surface area contributed by atoms with E-state index in [-0.39, 0.29) is 0 Å². The van der Waals surface area contributed by atoms with Crippen molar-refractivity contribution in [3.8, 4) is 0 Å². The topological polar surface area (TPSA) is 3.24 Å². The average Bonchev–Trinajstić information content (AvgIpc) is 1.84. The van der Waals surface area contributed by atoms with Gasteiger partial charge in [-0.2, -0.15) is 0 Å². The van der Waals surface area contributed by atoms with Crippen LogP contribution in [0.5, 0.6) is 0 Å². The number of nitrogens with zero attached hydrogens (tertiary/aromatic N) is 1. The van der Waals surface area contributed by atoms with Crippen LogP contribution in [0.15, 0.2) is 0 Å². The maximum atomic E-state index is 2.59. The van der Waals surface area contributed by atoms with Crippen LogP contribution in [0, 0.1) is 5.41 Å². The van der Waals surface area contributed by atoms with Gasteiger partial charge in [0.1, 0.15) is 0 Å². The van der Waals surface area contributed by atoms with Gasteiger partial charge in [-0.05, 0) is 44.7 Å². The lowest BCUT2D eigenvalue weighted by molar-refractivity contribution is 0.0422. The maximum absolute atomic E-state index is 2.59. The van der Waals surface area contributed by atoms with Crippen molar-refractivity contribution in [1.29, 1.82) is 0 Å². The van der Waals surface area contributed by atoms with Crippen LogP contribution >= 0.6 is 22.6 Å². The van der Waals surface area contributed by atoms with Crippen molar-refractivity contribution < 1.29 is 0 Å². The maximum Gasteiger partial charge on any atom is 0.0121 e. The van der Waals surface area contributed by atoms with E-state index in [0.717, 1.165) is 9.34 Å². The predicted molar refractivity (Wildman–Crippen MR) is 56.2 cm³/mol. The monoisotopic (exact) mass is 265 g/mol. The highest BCUT2D eigenvalue weighted by Gasteiger charge is 2.44. The molecule has 1 nitrogen and oxygen atoms in total. The quantitative estimate of drug-likeness (QED) is 0.480. The first kappa shape index (κ1) is 8.30. The van der Waals surface area contributed by atoms with Gasteiger partial charge in [-0.1, -0.05) is 22.6 Å². The zero-order valence-corrected chi connectivity index (χ0v) is 9.30. The highest BCUT2D eigenvalue weighted by atomic mass is 127. The summed E-state index contributed by atoms with van der Waals surface area (Å²) in [6.45, 7) is 2.69. The van der Waals surface area contributed by atoms with Crippen molar-refractivity contribution in [2.24, 2.45) is 5.41 Å². The third kappa shape index (κ3) is 1.57. The van der Waals surface area contributed by atoms with E-state index in [9.17, 15) is 0 Å². The lowest BCUT2D eigenvalue weighted by Gasteiger charge is -2.50. The predicted octanol–water partition coefficient (Wildman–Crippen LogP) is 2.30. The highest BCUT2D eigenvalue weighted by Crippen LogP contribution is 2.50. The molecule has 0 unspecified atom stereocenters. The second kappa shape index (κ2) is 2.87. The van der Waals surface area contributed by atoms with Crippen LogP contribution < -0.4 is 0 Å². The van der Waals surface area contributed by atoms with Gasteiger partial charge < -0.3 is 4.90 Å². The summed E-state index contributed by atoms with van der Waals surface area (Å²) >= 11 is 2.59. The summed E-state index contributed by atoms with van der Waals surface area (Å²) in [4.78, 5) is 2.51. The zero-order valence-electron chi connectivity index (χ0n) is 7.15. The molecule has 1 saturated carbocycles. The van der Waals surface area contributed by atoms with Crippen molar-refractivity contribution in [2.75, 3.05) is 20.1 Å². The molecule has 1 aliphatic carbocycles. The molecule has 1 aliphatic heterocycles. The lowest BCUT2D eigenvalue weighted by Crippen LogP contribution is -2.49. The van der Waals surface area contributed by atoms with Crippen molar-refractivity contribution in [2.45, 2.75) is 29.6 Å². The SMILES string of the molecule is CN1CCC[C@]2(C1)C[C@H](I)C2. The van der Waals surface area contributed by atoms with E-state index in [2.05, 4.69) is 34.5 Å². The molecule has 0 radical (unpaired) electrons. The Morgan fingerprint density at radius 2 is 2.18 bits per heavy atom. The molecular weight excluding hydrogens is 249 g/mol. The summed E-state index contributed by atoms with van der Waals surface area (Å²) in [6.07, 6.45) is 5.90. The van der Waals surface area contributed by atoms with Crippen LogP contribution in [-0.4, -0.2) is 29.0 Å². The van der Waals surface area contributed by atoms with Gasteiger partial charge in [-0.15, -0.1) is 0 Å². The molecule has 0 amide bonds. The minimum absolute atomic E-state index is 0.763. The summed E-state index contributed by atoms with van der Waals surface area (Å²) in [5.41, 5.74) is 0.763. The molecule has 64 valence electrons. The van der Waals surface area contributed by atoms with Crippen molar-refractivity contribution in [3.05, 3.63) is 0 Å².